The van der Waals surface area contributed by atoms with E-state index in [1.165, 1.54) is 0 Å². The van der Waals surface area contributed by atoms with E-state index in [2.05, 4.69) is 10.1 Å². The largest absolute Gasteiger partial charge is 0.339 e. The number of hydrogen-bond donors (Lipinski definition) is 0. The van der Waals surface area contributed by atoms with Gasteiger partial charge in [0.2, 0.25) is 0 Å². The van der Waals surface area contributed by atoms with Crippen LogP contribution in [0.15, 0.2) is 36.4 Å². The highest BCUT2D eigenvalue weighted by molar-refractivity contribution is 6.06. The summed E-state index contributed by atoms with van der Waals surface area (Å²) in [7, 11) is 0. The summed E-state index contributed by atoms with van der Waals surface area (Å²) >= 11 is 0. The van der Waals surface area contributed by atoms with Gasteiger partial charge in [0.25, 0.3) is 5.91 Å². The molecule has 122 valence electrons. The number of amides is 1. The Morgan fingerprint density at radius 2 is 1.79 bits per heavy atom. The summed E-state index contributed by atoms with van der Waals surface area (Å²) in [6, 6.07) is 11.8. The topological polar surface area (TPSA) is 51.0 Å². The lowest BCUT2D eigenvalue weighted by molar-refractivity contribution is 0.0794. The van der Waals surface area contributed by atoms with E-state index >= 15 is 0 Å². The Morgan fingerprint density at radius 3 is 2.50 bits per heavy atom. The average Bonchev–Trinajstić information content (AvgIpc) is 3.23. The van der Waals surface area contributed by atoms with Crippen molar-refractivity contribution in [2.45, 2.75) is 26.7 Å². The van der Waals surface area contributed by atoms with Crippen LogP contribution < -0.4 is 0 Å². The van der Waals surface area contributed by atoms with E-state index in [1.807, 2.05) is 59.8 Å². The van der Waals surface area contributed by atoms with E-state index in [4.69, 9.17) is 0 Å². The molecule has 1 amide bonds. The lowest BCUT2D eigenvalue weighted by Gasteiger charge is -2.16. The van der Waals surface area contributed by atoms with Gasteiger partial charge in [0.1, 0.15) is 0 Å². The third-order valence-electron chi connectivity index (χ3n) is 4.57. The number of carbonyl (C=O) groups excluding carboxylic acids is 1. The van der Waals surface area contributed by atoms with Gasteiger partial charge in [-0.3, -0.25) is 4.79 Å². The van der Waals surface area contributed by atoms with Crippen LogP contribution in [-0.2, 0) is 0 Å². The van der Waals surface area contributed by atoms with Crippen LogP contribution in [0.3, 0.4) is 0 Å². The maximum atomic E-state index is 13.0. The van der Waals surface area contributed by atoms with E-state index in [1.54, 1.807) is 0 Å². The van der Waals surface area contributed by atoms with Crippen molar-refractivity contribution in [1.82, 2.24) is 19.7 Å². The predicted molar refractivity (Wildman–Crippen MR) is 93.5 cm³/mol. The summed E-state index contributed by atoms with van der Waals surface area (Å²) in [6.07, 6.45) is 2.17. The zero-order valence-corrected chi connectivity index (χ0v) is 14.0. The molecule has 1 aliphatic rings. The zero-order chi connectivity index (χ0) is 16.7. The first-order chi connectivity index (χ1) is 11.6. The van der Waals surface area contributed by atoms with Gasteiger partial charge in [0.15, 0.2) is 5.65 Å². The van der Waals surface area contributed by atoms with Gasteiger partial charge in [-0.2, -0.15) is 5.10 Å². The molecular weight excluding hydrogens is 300 g/mol. The van der Waals surface area contributed by atoms with E-state index in [0.29, 0.717) is 0 Å². The Morgan fingerprint density at radius 1 is 1.08 bits per heavy atom. The molecule has 0 radical (unpaired) electrons. The second kappa shape index (κ2) is 5.74. The van der Waals surface area contributed by atoms with Gasteiger partial charge in [-0.25, -0.2) is 9.67 Å². The summed E-state index contributed by atoms with van der Waals surface area (Å²) in [4.78, 5) is 19.6. The Labute approximate surface area is 140 Å². The van der Waals surface area contributed by atoms with Gasteiger partial charge in [-0.15, -0.1) is 0 Å². The molecule has 4 rings (SSSR count). The van der Waals surface area contributed by atoms with E-state index < -0.39 is 0 Å². The minimum absolute atomic E-state index is 0.0960. The Kier molecular flexibility index (Phi) is 3.56. The number of nitrogens with zero attached hydrogens (tertiary/aromatic N) is 4. The highest BCUT2D eigenvalue weighted by Gasteiger charge is 2.25. The highest BCUT2D eigenvalue weighted by atomic mass is 16.2. The number of benzene rings is 1. The van der Waals surface area contributed by atoms with Crippen molar-refractivity contribution in [3.8, 4) is 5.69 Å². The summed E-state index contributed by atoms with van der Waals surface area (Å²) in [6.45, 7) is 5.55. The number of likely N-dealkylation sites (tertiary alicyclic amines) is 1. The van der Waals surface area contributed by atoms with Gasteiger partial charge in [-0.1, -0.05) is 18.2 Å². The third kappa shape index (κ3) is 2.37. The molecule has 0 saturated carbocycles. The number of para-hydroxylation sites is 1. The standard InChI is InChI=1S/C19H20N4O/c1-13-12-16(19(24)22-10-6-7-11-22)17-14(2)21-23(18(17)20-13)15-8-4-3-5-9-15/h3-5,8-9,12H,6-7,10-11H2,1-2H3. The fraction of sp³-hybridized carbons (Fsp3) is 0.316. The highest BCUT2D eigenvalue weighted by Crippen LogP contribution is 2.26. The average molecular weight is 320 g/mol. The van der Waals surface area contributed by atoms with Gasteiger partial charge < -0.3 is 4.90 Å². The molecule has 24 heavy (non-hydrogen) atoms. The number of carbonyl (C=O) groups is 1. The monoisotopic (exact) mass is 320 g/mol. The van der Waals surface area contributed by atoms with Crippen molar-refractivity contribution >= 4 is 16.9 Å². The van der Waals surface area contributed by atoms with Crippen molar-refractivity contribution in [1.29, 1.82) is 0 Å². The van der Waals surface area contributed by atoms with Crippen LogP contribution in [-0.4, -0.2) is 38.7 Å². The summed E-state index contributed by atoms with van der Waals surface area (Å²) in [5.74, 6) is 0.0960. The minimum atomic E-state index is 0.0960. The molecule has 0 unspecified atom stereocenters. The van der Waals surface area contributed by atoms with E-state index in [-0.39, 0.29) is 5.91 Å². The number of aryl methyl sites for hydroxylation is 2. The lowest BCUT2D eigenvalue weighted by Crippen LogP contribution is -2.28. The van der Waals surface area contributed by atoms with Gasteiger partial charge in [0, 0.05) is 18.8 Å². The van der Waals surface area contributed by atoms with Crippen LogP contribution in [0.2, 0.25) is 0 Å². The second-order valence-corrected chi connectivity index (χ2v) is 6.34. The quantitative estimate of drug-likeness (QED) is 0.728. The number of aromatic nitrogens is 3. The molecule has 5 heteroatoms. The van der Waals surface area contributed by atoms with Crippen molar-refractivity contribution in [2.75, 3.05) is 13.1 Å². The first-order valence-corrected chi connectivity index (χ1v) is 8.37. The van der Waals surface area contributed by atoms with E-state index in [9.17, 15) is 4.79 Å². The molecule has 0 N–H and O–H groups in total. The second-order valence-electron chi connectivity index (χ2n) is 6.34. The fourth-order valence-electron chi connectivity index (χ4n) is 3.42. The lowest BCUT2D eigenvalue weighted by atomic mass is 10.1. The molecule has 5 nitrogen and oxygen atoms in total. The smallest absolute Gasteiger partial charge is 0.254 e. The van der Waals surface area contributed by atoms with Crippen molar-refractivity contribution in [3.63, 3.8) is 0 Å². The number of rotatable bonds is 2. The molecule has 1 aromatic carbocycles. The molecule has 0 spiro atoms. The zero-order valence-electron chi connectivity index (χ0n) is 14.0. The Hall–Kier alpha value is -2.69. The minimum Gasteiger partial charge on any atom is -0.339 e. The predicted octanol–water partition coefficient (Wildman–Crippen LogP) is 3.27. The van der Waals surface area contributed by atoms with Gasteiger partial charge in [0.05, 0.1) is 22.3 Å². The van der Waals surface area contributed by atoms with Gasteiger partial charge in [-0.05, 0) is 44.9 Å². The molecule has 1 saturated heterocycles. The molecule has 3 heterocycles. The van der Waals surface area contributed by atoms with Crippen LogP contribution >= 0.6 is 0 Å². The molecule has 0 atom stereocenters. The van der Waals surface area contributed by atoms with Gasteiger partial charge >= 0.3 is 0 Å². The third-order valence-corrected chi connectivity index (χ3v) is 4.57. The normalized spacial score (nSPS) is 14.5. The molecule has 3 aromatic rings. The molecule has 0 bridgehead atoms. The first-order valence-electron chi connectivity index (χ1n) is 8.37. The van der Waals surface area contributed by atoms with Crippen LogP contribution in [0, 0.1) is 13.8 Å². The Balaban J connectivity index is 1.93. The van der Waals surface area contributed by atoms with E-state index in [0.717, 1.165) is 59.6 Å². The van der Waals surface area contributed by atoms with Crippen molar-refractivity contribution in [3.05, 3.63) is 53.3 Å². The van der Waals surface area contributed by atoms with Crippen molar-refractivity contribution in [2.24, 2.45) is 0 Å². The molecule has 2 aromatic heterocycles. The number of pyridine rings is 1. The number of hydrogen-bond acceptors (Lipinski definition) is 3. The maximum absolute atomic E-state index is 13.0. The number of fused-ring (bicyclic) bond motifs is 1. The van der Waals surface area contributed by atoms with Crippen LogP contribution in [0.4, 0.5) is 0 Å². The van der Waals surface area contributed by atoms with Crippen LogP contribution in [0.25, 0.3) is 16.7 Å². The van der Waals surface area contributed by atoms with Crippen LogP contribution in [0.1, 0.15) is 34.6 Å². The maximum Gasteiger partial charge on any atom is 0.254 e. The Bertz CT molecular complexity index is 908. The molecule has 1 fully saturated rings. The fourth-order valence-corrected chi connectivity index (χ4v) is 3.42. The SMILES string of the molecule is Cc1cc(C(=O)N2CCCC2)c2c(C)nn(-c3ccccc3)c2n1. The summed E-state index contributed by atoms with van der Waals surface area (Å²) in [5, 5.41) is 5.52. The molecular formula is C19H20N4O. The van der Waals surface area contributed by atoms with Crippen molar-refractivity contribution < 1.29 is 4.79 Å². The first kappa shape index (κ1) is 14.9. The molecule has 0 aliphatic carbocycles. The van der Waals surface area contributed by atoms with Crippen LogP contribution in [0.5, 0.6) is 0 Å². The molecule has 1 aliphatic heterocycles. The summed E-state index contributed by atoms with van der Waals surface area (Å²) in [5.41, 5.74) is 4.10. The summed E-state index contributed by atoms with van der Waals surface area (Å²) < 4.78 is 1.83.